The summed E-state index contributed by atoms with van der Waals surface area (Å²) in [5, 5.41) is 5.88. The lowest BCUT2D eigenvalue weighted by Gasteiger charge is -2.39. The van der Waals surface area contributed by atoms with Gasteiger partial charge in [0.1, 0.15) is 10.6 Å². The maximum absolute atomic E-state index is 13.4. The van der Waals surface area contributed by atoms with Crippen LogP contribution in [0.1, 0.15) is 32.5 Å². The molecule has 1 aromatic heterocycles. The molecule has 1 saturated heterocycles. The third-order valence-corrected chi connectivity index (χ3v) is 7.82. The molecule has 9 heteroatoms. The zero-order valence-electron chi connectivity index (χ0n) is 22.0. The highest BCUT2D eigenvalue weighted by Gasteiger charge is 2.30. The lowest BCUT2D eigenvalue weighted by atomic mass is 9.96. The Kier molecular flexibility index (Phi) is 8.19. The predicted octanol–water partition coefficient (Wildman–Crippen LogP) is 5.65. The van der Waals surface area contributed by atoms with Crippen LogP contribution >= 0.6 is 11.3 Å². The minimum absolute atomic E-state index is 0.0567. The van der Waals surface area contributed by atoms with Gasteiger partial charge in [-0.15, -0.1) is 0 Å². The van der Waals surface area contributed by atoms with E-state index in [1.165, 1.54) is 22.5 Å². The van der Waals surface area contributed by atoms with E-state index < -0.39 is 6.03 Å². The third-order valence-electron chi connectivity index (χ3n) is 6.76. The van der Waals surface area contributed by atoms with E-state index >= 15 is 0 Å². The molecule has 2 N–H and O–H groups in total. The van der Waals surface area contributed by atoms with E-state index in [1.54, 1.807) is 26.2 Å². The van der Waals surface area contributed by atoms with Gasteiger partial charge in [0.05, 0.1) is 24.5 Å². The predicted molar refractivity (Wildman–Crippen MR) is 155 cm³/mol. The number of benzene rings is 3. The molecule has 0 bridgehead atoms. The first-order chi connectivity index (χ1) is 19.0. The molecule has 8 nitrogen and oxygen atoms in total. The van der Waals surface area contributed by atoms with Crippen LogP contribution < -0.4 is 15.4 Å². The Morgan fingerprint density at radius 2 is 1.44 bits per heavy atom. The van der Waals surface area contributed by atoms with Crippen molar-refractivity contribution in [1.29, 1.82) is 0 Å². The number of amides is 3. The number of nitrogens with zero attached hydrogens (tertiary/aromatic N) is 3. The number of anilines is 2. The maximum Gasteiger partial charge on any atom is 0.325 e. The number of carbonyl (C=O) groups excluding carboxylic acids is 2. The van der Waals surface area contributed by atoms with Crippen molar-refractivity contribution in [1.82, 2.24) is 14.8 Å². The number of carbonyl (C=O) groups is 2. The molecule has 39 heavy (non-hydrogen) atoms. The highest BCUT2D eigenvalue weighted by Crippen LogP contribution is 2.31. The van der Waals surface area contributed by atoms with Gasteiger partial charge in [0.25, 0.3) is 5.91 Å². The Balaban J connectivity index is 1.23. The van der Waals surface area contributed by atoms with Gasteiger partial charge in [0, 0.05) is 26.2 Å². The van der Waals surface area contributed by atoms with Crippen LogP contribution in [0.15, 0.2) is 84.9 Å². The summed E-state index contributed by atoms with van der Waals surface area (Å²) >= 11 is 1.19. The Bertz CT molecular complexity index is 1380. The molecule has 200 valence electrons. The first-order valence-electron chi connectivity index (χ1n) is 12.8. The summed E-state index contributed by atoms with van der Waals surface area (Å²) in [6.07, 6.45) is 0. The fraction of sp³-hybridized carbons (Fsp3) is 0.233. The molecule has 0 atom stereocenters. The van der Waals surface area contributed by atoms with E-state index in [1.807, 2.05) is 29.2 Å². The molecule has 0 saturated carbocycles. The summed E-state index contributed by atoms with van der Waals surface area (Å²) in [4.78, 5) is 35.3. The summed E-state index contributed by atoms with van der Waals surface area (Å²) in [6, 6.07) is 27.8. The van der Waals surface area contributed by atoms with Gasteiger partial charge in [0.2, 0.25) is 0 Å². The Morgan fingerprint density at radius 1 is 0.846 bits per heavy atom. The molecule has 0 radical (unpaired) electrons. The Morgan fingerprint density at radius 3 is 2.05 bits per heavy atom. The number of urea groups is 1. The number of nitrogens with one attached hydrogen (secondary N) is 2. The summed E-state index contributed by atoms with van der Waals surface area (Å²) in [6.45, 7) is 4.53. The fourth-order valence-corrected chi connectivity index (χ4v) is 5.79. The van der Waals surface area contributed by atoms with E-state index in [-0.39, 0.29) is 11.9 Å². The minimum atomic E-state index is -0.450. The van der Waals surface area contributed by atoms with Crippen LogP contribution in [-0.2, 0) is 0 Å². The van der Waals surface area contributed by atoms with Gasteiger partial charge in [-0.1, -0.05) is 84.1 Å². The van der Waals surface area contributed by atoms with Gasteiger partial charge in [-0.3, -0.25) is 15.0 Å². The lowest BCUT2D eigenvalue weighted by molar-refractivity contribution is 0.0601. The second-order valence-electron chi connectivity index (χ2n) is 9.27. The number of hydrogen-bond acceptors (Lipinski definition) is 6. The van der Waals surface area contributed by atoms with Crippen LogP contribution in [0.25, 0.3) is 0 Å². The van der Waals surface area contributed by atoms with Gasteiger partial charge >= 0.3 is 6.03 Å². The number of aryl methyl sites for hydroxylation is 1. The van der Waals surface area contributed by atoms with Crippen molar-refractivity contribution >= 4 is 34.1 Å². The molecule has 1 aliphatic heterocycles. The van der Waals surface area contributed by atoms with Crippen molar-refractivity contribution in [2.75, 3.05) is 43.9 Å². The van der Waals surface area contributed by atoms with Gasteiger partial charge < -0.3 is 15.0 Å². The normalized spacial score (nSPS) is 13.8. The van der Waals surface area contributed by atoms with Crippen LogP contribution in [0.5, 0.6) is 5.75 Å². The summed E-state index contributed by atoms with van der Waals surface area (Å²) in [7, 11) is 1.55. The van der Waals surface area contributed by atoms with E-state index in [2.05, 4.69) is 69.0 Å². The number of aromatic nitrogens is 1. The van der Waals surface area contributed by atoms with E-state index in [0.717, 1.165) is 13.1 Å². The molecule has 0 aliphatic carbocycles. The van der Waals surface area contributed by atoms with E-state index in [9.17, 15) is 9.59 Å². The van der Waals surface area contributed by atoms with Gasteiger partial charge in [-0.25, -0.2) is 9.78 Å². The molecule has 2 heterocycles. The second-order valence-corrected chi connectivity index (χ2v) is 10.3. The number of ether oxygens (including phenoxy) is 1. The number of piperazine rings is 1. The van der Waals surface area contributed by atoms with Crippen molar-refractivity contribution in [3.05, 3.63) is 107 Å². The lowest BCUT2D eigenvalue weighted by Crippen LogP contribution is -2.49. The van der Waals surface area contributed by atoms with Crippen LogP contribution in [0.4, 0.5) is 15.6 Å². The zero-order chi connectivity index (χ0) is 27.2. The topological polar surface area (TPSA) is 86.8 Å². The molecule has 1 aliphatic rings. The Hall–Kier alpha value is -4.21. The Labute approximate surface area is 232 Å². The molecule has 3 amide bonds. The molecule has 5 rings (SSSR count). The van der Waals surface area contributed by atoms with Crippen molar-refractivity contribution in [3.8, 4) is 5.75 Å². The zero-order valence-corrected chi connectivity index (χ0v) is 22.8. The maximum atomic E-state index is 13.4. The van der Waals surface area contributed by atoms with Gasteiger partial charge in [-0.2, -0.15) is 0 Å². The number of para-hydroxylation sites is 2. The highest BCUT2D eigenvalue weighted by atomic mass is 32.1. The second kappa shape index (κ2) is 12.1. The van der Waals surface area contributed by atoms with E-state index in [0.29, 0.717) is 40.2 Å². The van der Waals surface area contributed by atoms with Crippen molar-refractivity contribution in [2.45, 2.75) is 13.0 Å². The highest BCUT2D eigenvalue weighted by molar-refractivity contribution is 7.17. The van der Waals surface area contributed by atoms with Crippen LogP contribution in [0.2, 0.25) is 0 Å². The molecular weight excluding hydrogens is 510 g/mol. The molecule has 0 spiro atoms. The average Bonchev–Trinajstić information content (AvgIpc) is 3.34. The first kappa shape index (κ1) is 26.4. The monoisotopic (exact) mass is 541 g/mol. The minimum Gasteiger partial charge on any atom is -0.495 e. The first-order valence-corrected chi connectivity index (χ1v) is 13.7. The van der Waals surface area contributed by atoms with Crippen molar-refractivity contribution in [2.24, 2.45) is 0 Å². The number of thiazole rings is 1. The summed E-state index contributed by atoms with van der Waals surface area (Å²) in [5.74, 6) is 0.499. The molecule has 4 aromatic rings. The smallest absolute Gasteiger partial charge is 0.325 e. The summed E-state index contributed by atoms with van der Waals surface area (Å²) < 4.78 is 5.28. The number of methoxy groups -OCH3 is 1. The molecule has 3 aromatic carbocycles. The largest absolute Gasteiger partial charge is 0.495 e. The number of hydrogen-bond donors (Lipinski definition) is 2. The number of rotatable bonds is 7. The molecule has 1 fully saturated rings. The van der Waals surface area contributed by atoms with Crippen LogP contribution in [0.3, 0.4) is 0 Å². The van der Waals surface area contributed by atoms with Crippen molar-refractivity contribution < 1.29 is 14.3 Å². The van der Waals surface area contributed by atoms with Gasteiger partial charge in [0.15, 0.2) is 5.13 Å². The molecular formula is C30H31N5O3S. The summed E-state index contributed by atoms with van der Waals surface area (Å²) in [5.41, 5.74) is 3.63. The van der Waals surface area contributed by atoms with Crippen LogP contribution in [-0.4, -0.2) is 60.0 Å². The SMILES string of the molecule is COc1ccccc1NC(=O)Nc1nc(C)c(C(=O)N2CCN(C(c3ccccc3)c3ccccc3)CC2)s1. The molecule has 0 unspecified atom stereocenters. The quantitative estimate of drug-likeness (QED) is 0.316. The average molecular weight is 542 g/mol. The standard InChI is InChI=1S/C30H31N5O3S/c1-21-27(39-30(31-21)33-29(37)32-24-15-9-10-16-25(24)38-2)28(36)35-19-17-34(18-20-35)26(22-11-5-3-6-12-22)23-13-7-4-8-14-23/h3-16,26H,17-20H2,1-2H3,(H2,31,32,33,37). The fourth-order valence-electron chi connectivity index (χ4n) is 4.86. The third kappa shape index (κ3) is 6.10. The van der Waals surface area contributed by atoms with Crippen molar-refractivity contribution in [3.63, 3.8) is 0 Å². The van der Waals surface area contributed by atoms with E-state index in [4.69, 9.17) is 4.74 Å². The van der Waals surface area contributed by atoms with Crippen LogP contribution in [0, 0.1) is 6.92 Å². The van der Waals surface area contributed by atoms with Gasteiger partial charge in [-0.05, 0) is 30.2 Å².